The van der Waals surface area contributed by atoms with Crippen LogP contribution in [-0.4, -0.2) is 23.4 Å². The maximum atomic E-state index is 12.9. The van der Waals surface area contributed by atoms with Crippen molar-refractivity contribution in [3.8, 4) is 0 Å². The van der Waals surface area contributed by atoms with Gasteiger partial charge in [-0.2, -0.15) is 0 Å². The SMILES string of the molecule is CCN1Cc2ccccc2C(=O)c2cc(CC(=O)O)cc(Cl)c21. The lowest BCUT2D eigenvalue weighted by Gasteiger charge is -2.24. The van der Waals surface area contributed by atoms with Gasteiger partial charge >= 0.3 is 5.97 Å². The molecule has 0 aliphatic carbocycles. The van der Waals surface area contributed by atoms with Crippen LogP contribution in [-0.2, 0) is 17.8 Å². The monoisotopic (exact) mass is 329 g/mol. The third-order valence-electron chi connectivity index (χ3n) is 4.04. The molecule has 0 bridgehead atoms. The van der Waals surface area contributed by atoms with E-state index < -0.39 is 5.97 Å². The molecular formula is C18H16ClNO3. The largest absolute Gasteiger partial charge is 0.481 e. The van der Waals surface area contributed by atoms with Crippen molar-refractivity contribution in [3.63, 3.8) is 0 Å². The number of nitrogens with zero attached hydrogens (tertiary/aromatic N) is 1. The Morgan fingerprint density at radius 3 is 2.70 bits per heavy atom. The van der Waals surface area contributed by atoms with Gasteiger partial charge in [-0.25, -0.2) is 0 Å². The van der Waals surface area contributed by atoms with Crippen molar-refractivity contribution in [1.29, 1.82) is 0 Å². The Balaban J connectivity index is 2.22. The lowest BCUT2D eigenvalue weighted by molar-refractivity contribution is -0.136. The first-order chi connectivity index (χ1) is 11.0. The number of carboxylic acids is 1. The van der Waals surface area contributed by atoms with Crippen LogP contribution in [0.4, 0.5) is 5.69 Å². The summed E-state index contributed by atoms with van der Waals surface area (Å²) in [5.74, 6) is -1.06. The van der Waals surface area contributed by atoms with Gasteiger partial charge in [-0.05, 0) is 30.2 Å². The fourth-order valence-electron chi connectivity index (χ4n) is 3.01. The number of halogens is 1. The number of carboxylic acid groups (broad SMARTS) is 1. The number of ketones is 1. The van der Waals surface area contributed by atoms with E-state index in [1.807, 2.05) is 30.0 Å². The van der Waals surface area contributed by atoms with Crippen molar-refractivity contribution < 1.29 is 14.7 Å². The quantitative estimate of drug-likeness (QED) is 0.935. The minimum absolute atomic E-state index is 0.110. The Morgan fingerprint density at radius 1 is 1.26 bits per heavy atom. The van der Waals surface area contributed by atoms with E-state index in [1.54, 1.807) is 18.2 Å². The predicted octanol–water partition coefficient (Wildman–Crippen LogP) is 3.54. The van der Waals surface area contributed by atoms with E-state index in [0.717, 1.165) is 5.56 Å². The molecule has 0 aromatic heterocycles. The van der Waals surface area contributed by atoms with Crippen LogP contribution in [0.5, 0.6) is 0 Å². The van der Waals surface area contributed by atoms with Crippen LogP contribution >= 0.6 is 11.6 Å². The molecule has 5 heteroatoms. The van der Waals surface area contributed by atoms with Gasteiger partial charge in [0.05, 0.1) is 17.1 Å². The molecule has 0 atom stereocenters. The first-order valence-corrected chi connectivity index (χ1v) is 7.80. The zero-order chi connectivity index (χ0) is 16.6. The van der Waals surface area contributed by atoms with E-state index in [-0.39, 0.29) is 12.2 Å². The molecule has 0 saturated heterocycles. The second-order valence-electron chi connectivity index (χ2n) is 5.54. The van der Waals surface area contributed by atoms with Crippen LogP contribution in [0.3, 0.4) is 0 Å². The second-order valence-corrected chi connectivity index (χ2v) is 5.95. The average molecular weight is 330 g/mol. The summed E-state index contributed by atoms with van der Waals surface area (Å²) in [5, 5.41) is 9.42. The van der Waals surface area contributed by atoms with E-state index in [4.69, 9.17) is 16.7 Å². The average Bonchev–Trinajstić information content (AvgIpc) is 2.63. The molecule has 23 heavy (non-hydrogen) atoms. The maximum Gasteiger partial charge on any atom is 0.307 e. The summed E-state index contributed by atoms with van der Waals surface area (Å²) in [6.07, 6.45) is -0.159. The smallest absolute Gasteiger partial charge is 0.307 e. The van der Waals surface area contributed by atoms with Crippen molar-refractivity contribution in [2.75, 3.05) is 11.4 Å². The van der Waals surface area contributed by atoms with Gasteiger partial charge in [0.2, 0.25) is 0 Å². The first kappa shape index (κ1) is 15.6. The summed E-state index contributed by atoms with van der Waals surface area (Å²) in [6.45, 7) is 3.31. The molecule has 0 spiro atoms. The number of benzene rings is 2. The molecule has 1 N–H and O–H groups in total. The lowest BCUT2D eigenvalue weighted by Crippen LogP contribution is -2.22. The highest BCUT2D eigenvalue weighted by atomic mass is 35.5. The number of rotatable bonds is 3. The van der Waals surface area contributed by atoms with Gasteiger partial charge in [0.1, 0.15) is 0 Å². The van der Waals surface area contributed by atoms with Crippen LogP contribution in [0, 0.1) is 0 Å². The second kappa shape index (κ2) is 6.05. The molecule has 2 aromatic carbocycles. The number of carbonyl (C=O) groups is 2. The zero-order valence-electron chi connectivity index (χ0n) is 12.7. The van der Waals surface area contributed by atoms with E-state index in [0.29, 0.717) is 40.5 Å². The lowest BCUT2D eigenvalue weighted by atomic mass is 9.97. The summed E-state index contributed by atoms with van der Waals surface area (Å²) < 4.78 is 0. The number of fused-ring (bicyclic) bond motifs is 2. The molecule has 0 fully saturated rings. The van der Waals surface area contributed by atoms with Gasteiger partial charge in [0.15, 0.2) is 5.78 Å². The fourth-order valence-corrected chi connectivity index (χ4v) is 3.37. The van der Waals surface area contributed by atoms with Gasteiger partial charge in [-0.15, -0.1) is 0 Å². The molecule has 1 aliphatic rings. The van der Waals surface area contributed by atoms with Gasteiger partial charge in [-0.1, -0.05) is 35.9 Å². The summed E-state index contributed by atoms with van der Waals surface area (Å²) in [5.41, 5.74) is 3.29. The molecule has 1 heterocycles. The van der Waals surface area contributed by atoms with Gasteiger partial charge in [-0.3, -0.25) is 9.59 Å². The molecule has 0 radical (unpaired) electrons. The Kier molecular flexibility index (Phi) is 4.09. The van der Waals surface area contributed by atoms with Crippen molar-refractivity contribution in [1.82, 2.24) is 0 Å². The molecule has 0 unspecified atom stereocenters. The number of hydrogen-bond donors (Lipinski definition) is 1. The highest BCUT2D eigenvalue weighted by molar-refractivity contribution is 6.35. The Bertz CT molecular complexity index is 801. The van der Waals surface area contributed by atoms with Crippen LogP contribution < -0.4 is 4.90 Å². The van der Waals surface area contributed by atoms with Crippen molar-refractivity contribution in [2.45, 2.75) is 19.9 Å². The van der Waals surface area contributed by atoms with E-state index in [2.05, 4.69) is 0 Å². The van der Waals surface area contributed by atoms with Crippen molar-refractivity contribution >= 4 is 29.0 Å². The standard InChI is InChI=1S/C18H16ClNO3/c1-2-20-10-12-5-3-4-6-13(12)18(23)14-7-11(9-16(21)22)8-15(19)17(14)20/h3-8H,2,9-10H2,1H3,(H,21,22). The number of carbonyl (C=O) groups excluding carboxylic acids is 1. The molecule has 2 aromatic rings. The summed E-state index contributed by atoms with van der Waals surface area (Å²) >= 11 is 6.40. The predicted molar refractivity (Wildman–Crippen MR) is 89.4 cm³/mol. The van der Waals surface area contributed by atoms with Crippen molar-refractivity contribution in [2.24, 2.45) is 0 Å². The third kappa shape index (κ3) is 2.82. The number of hydrogen-bond acceptors (Lipinski definition) is 3. The van der Waals surface area contributed by atoms with Crippen LogP contribution in [0.15, 0.2) is 36.4 Å². The fraction of sp³-hybridized carbons (Fsp3) is 0.222. The Morgan fingerprint density at radius 2 is 2.00 bits per heavy atom. The van der Waals surface area contributed by atoms with Crippen molar-refractivity contribution in [3.05, 3.63) is 63.7 Å². The first-order valence-electron chi connectivity index (χ1n) is 7.43. The highest BCUT2D eigenvalue weighted by Crippen LogP contribution is 2.37. The molecule has 0 amide bonds. The molecule has 118 valence electrons. The Hall–Kier alpha value is -2.33. The molecule has 0 saturated carbocycles. The van der Waals surface area contributed by atoms with Crippen LogP contribution in [0.1, 0.15) is 34.0 Å². The summed E-state index contributed by atoms with van der Waals surface area (Å²) in [7, 11) is 0. The normalized spacial score (nSPS) is 13.3. The van der Waals surface area contributed by atoms with Crippen LogP contribution in [0.2, 0.25) is 5.02 Å². The molecule has 1 aliphatic heterocycles. The zero-order valence-corrected chi connectivity index (χ0v) is 13.4. The summed E-state index contributed by atoms with van der Waals surface area (Å²) in [6, 6.07) is 10.8. The summed E-state index contributed by atoms with van der Waals surface area (Å²) in [4.78, 5) is 26.0. The maximum absolute atomic E-state index is 12.9. The molecule has 3 rings (SSSR count). The minimum atomic E-state index is -0.949. The van der Waals surface area contributed by atoms with E-state index in [9.17, 15) is 9.59 Å². The third-order valence-corrected chi connectivity index (χ3v) is 4.33. The minimum Gasteiger partial charge on any atom is -0.481 e. The van der Waals surface area contributed by atoms with Gasteiger partial charge < -0.3 is 10.0 Å². The highest BCUT2D eigenvalue weighted by Gasteiger charge is 2.27. The van der Waals surface area contributed by atoms with Crippen LogP contribution in [0.25, 0.3) is 0 Å². The molecular weight excluding hydrogens is 314 g/mol. The number of anilines is 1. The van der Waals surface area contributed by atoms with Gasteiger partial charge in [0.25, 0.3) is 0 Å². The molecule has 4 nitrogen and oxygen atoms in total. The topological polar surface area (TPSA) is 57.6 Å². The Labute approximate surface area is 139 Å². The van der Waals surface area contributed by atoms with Gasteiger partial charge in [0, 0.05) is 24.2 Å². The van der Waals surface area contributed by atoms with E-state index in [1.165, 1.54) is 0 Å². The number of aliphatic carboxylic acids is 1. The van der Waals surface area contributed by atoms with E-state index >= 15 is 0 Å².